The molecular weight excluding hydrogens is 705 g/mol. The van der Waals surface area contributed by atoms with Crippen LogP contribution < -0.4 is 0 Å². The van der Waals surface area contributed by atoms with Gasteiger partial charge in [-0.1, -0.05) is 88.4 Å². The molecule has 0 saturated carbocycles. The van der Waals surface area contributed by atoms with Crippen LogP contribution in [0.2, 0.25) is 0 Å². The van der Waals surface area contributed by atoms with Gasteiger partial charge < -0.3 is 24.0 Å². The van der Waals surface area contributed by atoms with Crippen molar-refractivity contribution in [2.24, 2.45) is 11.8 Å². The summed E-state index contributed by atoms with van der Waals surface area (Å²) in [4.78, 5) is 15.5. The van der Waals surface area contributed by atoms with E-state index < -0.39 is 0 Å². The number of nitrogens with zero attached hydrogens (tertiary/aromatic N) is 4. The van der Waals surface area contributed by atoms with Crippen LogP contribution in [0.25, 0.3) is 0 Å². The summed E-state index contributed by atoms with van der Waals surface area (Å²) < 4.78 is 18.1. The first kappa shape index (κ1) is 43.1. The molecule has 2 aromatic carbocycles. The van der Waals surface area contributed by atoms with Gasteiger partial charge in [-0.15, -0.1) is 0 Å². The molecule has 2 aliphatic rings. The topological polar surface area (TPSA) is 60.0 Å². The van der Waals surface area contributed by atoms with E-state index in [0.29, 0.717) is 25.0 Å². The number of aryl methyl sites for hydroxylation is 2. The zero-order valence-corrected chi connectivity index (χ0v) is 36.1. The van der Waals surface area contributed by atoms with Crippen LogP contribution in [-0.4, -0.2) is 72.3 Å². The quantitative estimate of drug-likeness (QED) is 0.0658. The summed E-state index contributed by atoms with van der Waals surface area (Å²) in [7, 11) is 0. The maximum Gasteiger partial charge on any atom is 0.0743 e. The SMILES string of the molecule is CCN(CCc1c(C)nc(Cc2ccccc2)c2c1COC2)CCC(C)CCOCCC(C)CCN(CC)CCc1c(C)nc(Cc2ccccc2)c2c1COC2. The van der Waals surface area contributed by atoms with Crippen LogP contribution in [-0.2, 0) is 66.3 Å². The van der Waals surface area contributed by atoms with E-state index in [-0.39, 0.29) is 0 Å². The zero-order valence-electron chi connectivity index (χ0n) is 36.1. The lowest BCUT2D eigenvalue weighted by Gasteiger charge is -2.24. The standard InChI is InChI=1S/C50H70N4O3/c1-7-53(27-21-43-39(5)51-49(47-35-56-33-45(43)47)31-41-15-11-9-12-16-41)25-19-37(3)23-29-55-30-24-38(4)20-26-54(8-2)28-22-44-40(6)52-50(48-36-57-34-46(44)48)32-42-17-13-10-14-18-42/h9-18,37-38H,7-8,19-36H2,1-6H3. The second-order valence-electron chi connectivity index (χ2n) is 16.8. The second kappa shape index (κ2) is 22.1. The van der Waals surface area contributed by atoms with Crippen molar-refractivity contribution < 1.29 is 14.2 Å². The van der Waals surface area contributed by atoms with E-state index >= 15 is 0 Å². The van der Waals surface area contributed by atoms with Gasteiger partial charge in [-0.25, -0.2) is 0 Å². The molecule has 0 spiro atoms. The summed E-state index contributed by atoms with van der Waals surface area (Å²) in [5, 5.41) is 0. The molecule has 4 heterocycles. The van der Waals surface area contributed by atoms with Gasteiger partial charge in [0.25, 0.3) is 0 Å². The number of fused-ring (bicyclic) bond motifs is 2. The first-order valence-electron chi connectivity index (χ1n) is 22.1. The average molecular weight is 775 g/mol. The smallest absolute Gasteiger partial charge is 0.0743 e. The molecule has 0 amide bonds. The molecule has 57 heavy (non-hydrogen) atoms. The van der Waals surface area contributed by atoms with E-state index in [1.165, 1.54) is 80.1 Å². The highest BCUT2D eigenvalue weighted by Crippen LogP contribution is 2.31. The predicted molar refractivity (Wildman–Crippen MR) is 233 cm³/mol. The van der Waals surface area contributed by atoms with Crippen LogP contribution in [0, 0.1) is 25.7 Å². The number of likely N-dealkylation sites (N-methyl/N-ethyl adjacent to an activating group) is 2. The lowest BCUT2D eigenvalue weighted by Crippen LogP contribution is -2.29. The van der Waals surface area contributed by atoms with Gasteiger partial charge in [0.15, 0.2) is 0 Å². The van der Waals surface area contributed by atoms with Crippen LogP contribution in [0.15, 0.2) is 60.7 Å². The fourth-order valence-corrected chi connectivity index (χ4v) is 8.72. The highest BCUT2D eigenvalue weighted by molar-refractivity contribution is 5.44. The molecule has 308 valence electrons. The molecule has 2 aliphatic heterocycles. The Kier molecular flexibility index (Phi) is 16.7. The van der Waals surface area contributed by atoms with E-state index in [4.69, 9.17) is 24.2 Å². The molecule has 0 N–H and O–H groups in total. The monoisotopic (exact) mass is 775 g/mol. The molecular formula is C50H70N4O3. The molecule has 7 nitrogen and oxygen atoms in total. The van der Waals surface area contributed by atoms with Crippen molar-refractivity contribution in [2.45, 2.75) is 119 Å². The van der Waals surface area contributed by atoms with E-state index in [9.17, 15) is 0 Å². The normalized spacial score (nSPS) is 14.7. The molecule has 7 heteroatoms. The molecule has 4 aromatic rings. The van der Waals surface area contributed by atoms with Crippen molar-refractivity contribution in [1.82, 2.24) is 19.8 Å². The highest BCUT2D eigenvalue weighted by Gasteiger charge is 2.25. The van der Waals surface area contributed by atoms with E-state index in [1.54, 1.807) is 0 Å². The van der Waals surface area contributed by atoms with Gasteiger partial charge in [0, 0.05) is 61.7 Å². The predicted octanol–water partition coefficient (Wildman–Crippen LogP) is 9.61. The number of hydrogen-bond donors (Lipinski definition) is 0. The van der Waals surface area contributed by atoms with Crippen molar-refractivity contribution >= 4 is 0 Å². The summed E-state index contributed by atoms with van der Waals surface area (Å²) >= 11 is 0. The molecule has 2 unspecified atom stereocenters. The summed E-state index contributed by atoms with van der Waals surface area (Å²) in [6.07, 6.45) is 8.48. The molecule has 2 atom stereocenters. The Morgan fingerprint density at radius 2 is 0.965 bits per heavy atom. The number of ether oxygens (including phenoxy) is 3. The van der Waals surface area contributed by atoms with Crippen molar-refractivity contribution in [3.8, 4) is 0 Å². The Bertz CT molecular complexity index is 1700. The number of benzene rings is 2. The fourth-order valence-electron chi connectivity index (χ4n) is 8.72. The number of rotatable bonds is 24. The molecule has 2 aromatic heterocycles. The van der Waals surface area contributed by atoms with Crippen LogP contribution >= 0.6 is 0 Å². The number of hydrogen-bond acceptors (Lipinski definition) is 7. The molecule has 0 radical (unpaired) electrons. The van der Waals surface area contributed by atoms with Crippen LogP contribution in [0.4, 0.5) is 0 Å². The lowest BCUT2D eigenvalue weighted by atomic mass is 9.95. The lowest BCUT2D eigenvalue weighted by molar-refractivity contribution is 0.105. The van der Waals surface area contributed by atoms with Gasteiger partial charge in [0.05, 0.1) is 37.8 Å². The van der Waals surface area contributed by atoms with Gasteiger partial charge in [-0.2, -0.15) is 0 Å². The molecule has 0 fully saturated rings. The van der Waals surface area contributed by atoms with E-state index in [0.717, 1.165) is 104 Å². The van der Waals surface area contributed by atoms with Crippen LogP contribution in [0.1, 0.15) is 121 Å². The first-order chi connectivity index (χ1) is 27.8. The third-order valence-corrected chi connectivity index (χ3v) is 12.7. The van der Waals surface area contributed by atoms with Crippen molar-refractivity contribution in [1.29, 1.82) is 0 Å². The molecule has 0 saturated heterocycles. The highest BCUT2D eigenvalue weighted by atomic mass is 16.5. The summed E-state index contributed by atoms with van der Waals surface area (Å²) in [5.41, 5.74) is 15.6. The number of pyridine rings is 2. The fraction of sp³-hybridized carbons (Fsp3) is 0.560. The second-order valence-corrected chi connectivity index (χ2v) is 16.8. The van der Waals surface area contributed by atoms with Crippen molar-refractivity contribution in [3.05, 3.63) is 128 Å². The summed E-state index contributed by atoms with van der Waals surface area (Å²) in [5.74, 6) is 1.30. The zero-order chi connectivity index (χ0) is 40.0. The first-order valence-corrected chi connectivity index (χ1v) is 22.1. The van der Waals surface area contributed by atoms with Gasteiger partial charge in [-0.05, 0) is 124 Å². The van der Waals surface area contributed by atoms with Gasteiger partial charge in [0.2, 0.25) is 0 Å². The summed E-state index contributed by atoms with van der Waals surface area (Å²) in [6.45, 7) is 24.8. The Morgan fingerprint density at radius 1 is 0.561 bits per heavy atom. The Morgan fingerprint density at radius 3 is 1.37 bits per heavy atom. The maximum atomic E-state index is 6.19. The average Bonchev–Trinajstić information content (AvgIpc) is 3.92. The van der Waals surface area contributed by atoms with E-state index in [1.807, 2.05) is 0 Å². The minimum absolute atomic E-state index is 0.652. The molecule has 6 rings (SSSR count). The van der Waals surface area contributed by atoms with Gasteiger partial charge in [0.1, 0.15) is 0 Å². The van der Waals surface area contributed by atoms with Crippen molar-refractivity contribution in [2.75, 3.05) is 52.5 Å². The maximum absolute atomic E-state index is 6.19. The third kappa shape index (κ3) is 12.3. The summed E-state index contributed by atoms with van der Waals surface area (Å²) in [6, 6.07) is 21.4. The Hall–Kier alpha value is -3.46. The Balaban J connectivity index is 0.856. The van der Waals surface area contributed by atoms with Gasteiger partial charge in [-0.3, -0.25) is 9.97 Å². The third-order valence-electron chi connectivity index (χ3n) is 12.7. The number of aromatic nitrogens is 2. The van der Waals surface area contributed by atoms with Crippen LogP contribution in [0.5, 0.6) is 0 Å². The van der Waals surface area contributed by atoms with Gasteiger partial charge >= 0.3 is 0 Å². The molecule has 0 aliphatic carbocycles. The van der Waals surface area contributed by atoms with Crippen LogP contribution in [0.3, 0.4) is 0 Å². The molecule has 0 bridgehead atoms. The van der Waals surface area contributed by atoms with Crippen molar-refractivity contribution in [3.63, 3.8) is 0 Å². The van der Waals surface area contributed by atoms with E-state index in [2.05, 4.69) is 112 Å². The minimum atomic E-state index is 0.652. The minimum Gasteiger partial charge on any atom is -0.381 e. The Labute approximate surface area is 344 Å². The largest absolute Gasteiger partial charge is 0.381 e.